The second kappa shape index (κ2) is 10.9. The maximum Gasteiger partial charge on any atom is 0.324 e. The molecule has 1 aromatic carbocycles. The number of nitrogens with one attached hydrogen (secondary N) is 2. The minimum Gasteiger partial charge on any atom is -0.335 e. The van der Waals surface area contributed by atoms with E-state index >= 15 is 0 Å². The molecule has 7 heteroatoms. The van der Waals surface area contributed by atoms with Crippen molar-refractivity contribution >= 4 is 39.5 Å². The van der Waals surface area contributed by atoms with Gasteiger partial charge in [-0.25, -0.2) is 4.79 Å². The van der Waals surface area contributed by atoms with Gasteiger partial charge in [-0.05, 0) is 56.4 Å². The van der Waals surface area contributed by atoms with Crippen LogP contribution >= 0.6 is 15.9 Å². The summed E-state index contributed by atoms with van der Waals surface area (Å²) in [6.07, 6.45) is 9.79. The third-order valence-electron chi connectivity index (χ3n) is 6.13. The first-order valence-corrected chi connectivity index (χ1v) is 11.9. The molecule has 164 valence electrons. The van der Waals surface area contributed by atoms with Crippen molar-refractivity contribution in [3.63, 3.8) is 0 Å². The quantitative estimate of drug-likeness (QED) is 0.565. The average Bonchev–Trinajstić information content (AvgIpc) is 2.72. The number of benzene rings is 1. The third-order valence-corrected chi connectivity index (χ3v) is 6.63. The first-order valence-electron chi connectivity index (χ1n) is 11.1. The number of nitrogens with zero attached hydrogens (tertiary/aromatic N) is 1. The molecule has 4 amide bonds. The number of amides is 4. The molecule has 0 atom stereocenters. The lowest BCUT2D eigenvalue weighted by Gasteiger charge is -2.34. The second-order valence-corrected chi connectivity index (χ2v) is 9.44. The Morgan fingerprint density at radius 2 is 1.63 bits per heavy atom. The molecule has 2 saturated carbocycles. The van der Waals surface area contributed by atoms with Gasteiger partial charge >= 0.3 is 6.03 Å². The monoisotopic (exact) mass is 477 g/mol. The summed E-state index contributed by atoms with van der Waals surface area (Å²) in [5.41, 5.74) is 1.58. The van der Waals surface area contributed by atoms with Crippen LogP contribution in [0.1, 0.15) is 76.2 Å². The molecule has 0 radical (unpaired) electrons. The van der Waals surface area contributed by atoms with E-state index in [1.807, 2.05) is 19.1 Å². The van der Waals surface area contributed by atoms with Crippen molar-refractivity contribution in [2.24, 2.45) is 0 Å². The Kier molecular flexibility index (Phi) is 8.31. The fraction of sp³-hybridized carbons (Fsp3) is 0.609. The summed E-state index contributed by atoms with van der Waals surface area (Å²) in [5, 5.41) is 5.87. The number of aryl methyl sites for hydroxylation is 1. The molecule has 3 rings (SSSR count). The van der Waals surface area contributed by atoms with Gasteiger partial charge in [0.15, 0.2) is 0 Å². The van der Waals surface area contributed by atoms with Crippen LogP contribution in [0.2, 0.25) is 0 Å². The van der Waals surface area contributed by atoms with E-state index in [0.29, 0.717) is 5.69 Å². The highest BCUT2D eigenvalue weighted by atomic mass is 79.9. The van der Waals surface area contributed by atoms with Gasteiger partial charge in [0.25, 0.3) is 0 Å². The maximum atomic E-state index is 13.1. The Bertz CT molecular complexity index is 771. The molecule has 2 fully saturated rings. The molecule has 0 unspecified atom stereocenters. The minimum atomic E-state index is -0.414. The van der Waals surface area contributed by atoms with Crippen LogP contribution in [-0.2, 0) is 9.59 Å². The highest BCUT2D eigenvalue weighted by Crippen LogP contribution is 2.25. The Labute approximate surface area is 187 Å². The Morgan fingerprint density at radius 3 is 2.27 bits per heavy atom. The zero-order chi connectivity index (χ0) is 21.5. The van der Waals surface area contributed by atoms with E-state index in [0.717, 1.165) is 67.8 Å². The topological polar surface area (TPSA) is 78.5 Å². The van der Waals surface area contributed by atoms with E-state index in [1.54, 1.807) is 6.07 Å². The highest BCUT2D eigenvalue weighted by Gasteiger charge is 2.33. The lowest BCUT2D eigenvalue weighted by molar-refractivity contribution is -0.134. The molecule has 0 saturated heterocycles. The van der Waals surface area contributed by atoms with Gasteiger partial charge in [0, 0.05) is 22.2 Å². The fourth-order valence-electron chi connectivity index (χ4n) is 4.50. The van der Waals surface area contributed by atoms with Crippen LogP contribution in [0.4, 0.5) is 10.5 Å². The summed E-state index contributed by atoms with van der Waals surface area (Å²) in [6, 6.07) is 5.24. The zero-order valence-electron chi connectivity index (χ0n) is 17.7. The van der Waals surface area contributed by atoms with Gasteiger partial charge in [-0.1, -0.05) is 54.5 Å². The SMILES string of the molecule is Cc1cc(Br)ccc1NC(=O)CC(=O)N(C(=O)NC1CCCCC1)C1CCCCC1. The molecule has 2 N–H and O–H groups in total. The molecule has 0 spiro atoms. The predicted octanol–water partition coefficient (Wildman–Crippen LogP) is 5.29. The molecular formula is C23H32BrN3O3. The number of hydrogen-bond donors (Lipinski definition) is 2. The van der Waals surface area contributed by atoms with E-state index < -0.39 is 11.8 Å². The molecule has 0 heterocycles. The third kappa shape index (κ3) is 6.30. The lowest BCUT2D eigenvalue weighted by Crippen LogP contribution is -2.53. The van der Waals surface area contributed by atoms with Crippen LogP contribution in [-0.4, -0.2) is 34.8 Å². The van der Waals surface area contributed by atoms with Crippen LogP contribution in [0.25, 0.3) is 0 Å². The highest BCUT2D eigenvalue weighted by molar-refractivity contribution is 9.10. The fourth-order valence-corrected chi connectivity index (χ4v) is 4.97. The summed E-state index contributed by atoms with van der Waals surface area (Å²) in [7, 11) is 0. The number of imide groups is 1. The normalized spacial score (nSPS) is 17.9. The van der Waals surface area contributed by atoms with Gasteiger partial charge in [0.2, 0.25) is 11.8 Å². The Hall–Kier alpha value is -1.89. The Morgan fingerprint density at radius 1 is 1.00 bits per heavy atom. The van der Waals surface area contributed by atoms with Crippen LogP contribution in [0.15, 0.2) is 22.7 Å². The first-order chi connectivity index (χ1) is 14.4. The van der Waals surface area contributed by atoms with Crippen molar-refractivity contribution in [1.29, 1.82) is 0 Å². The summed E-state index contributed by atoms with van der Waals surface area (Å²) < 4.78 is 0.928. The second-order valence-electron chi connectivity index (χ2n) is 8.52. The summed E-state index contributed by atoms with van der Waals surface area (Å²) in [5.74, 6) is -0.806. The van der Waals surface area contributed by atoms with Crippen LogP contribution in [0, 0.1) is 6.92 Å². The minimum absolute atomic E-state index is 0.114. The molecule has 0 aliphatic heterocycles. The van der Waals surface area contributed by atoms with E-state index in [2.05, 4.69) is 26.6 Å². The van der Waals surface area contributed by atoms with E-state index in [9.17, 15) is 14.4 Å². The van der Waals surface area contributed by atoms with Crippen LogP contribution in [0.3, 0.4) is 0 Å². The number of hydrogen-bond acceptors (Lipinski definition) is 3. The molecule has 30 heavy (non-hydrogen) atoms. The smallest absolute Gasteiger partial charge is 0.324 e. The van der Waals surface area contributed by atoms with Crippen LogP contribution in [0.5, 0.6) is 0 Å². The maximum absolute atomic E-state index is 13.1. The van der Waals surface area contributed by atoms with Crippen molar-refractivity contribution in [2.45, 2.75) is 89.6 Å². The summed E-state index contributed by atoms with van der Waals surface area (Å²) in [6.45, 7) is 1.90. The molecule has 6 nitrogen and oxygen atoms in total. The van der Waals surface area contributed by atoms with Gasteiger partial charge < -0.3 is 10.6 Å². The number of urea groups is 1. The number of halogens is 1. The van der Waals surface area contributed by atoms with Gasteiger partial charge in [-0.2, -0.15) is 0 Å². The van der Waals surface area contributed by atoms with E-state index in [4.69, 9.17) is 0 Å². The molecule has 2 aliphatic carbocycles. The largest absolute Gasteiger partial charge is 0.335 e. The van der Waals surface area contributed by atoms with Crippen molar-refractivity contribution in [3.8, 4) is 0 Å². The van der Waals surface area contributed by atoms with E-state index in [-0.39, 0.29) is 24.5 Å². The molecule has 0 aromatic heterocycles. The van der Waals surface area contributed by atoms with Crippen molar-refractivity contribution in [2.75, 3.05) is 5.32 Å². The Balaban J connectivity index is 1.65. The molecular weight excluding hydrogens is 446 g/mol. The summed E-state index contributed by atoms with van der Waals surface area (Å²) >= 11 is 3.40. The number of carbonyl (C=O) groups excluding carboxylic acids is 3. The number of rotatable bonds is 5. The van der Waals surface area contributed by atoms with Gasteiger partial charge in [0.1, 0.15) is 6.42 Å². The zero-order valence-corrected chi connectivity index (χ0v) is 19.3. The van der Waals surface area contributed by atoms with Crippen molar-refractivity contribution in [3.05, 3.63) is 28.2 Å². The average molecular weight is 478 g/mol. The van der Waals surface area contributed by atoms with E-state index in [1.165, 1.54) is 11.3 Å². The van der Waals surface area contributed by atoms with Gasteiger partial charge in [-0.3, -0.25) is 14.5 Å². The lowest BCUT2D eigenvalue weighted by atomic mass is 9.93. The van der Waals surface area contributed by atoms with Gasteiger partial charge in [0.05, 0.1) is 0 Å². The first kappa shape index (κ1) is 22.8. The standard InChI is InChI=1S/C23H32BrN3O3/c1-16-14-17(24)12-13-20(16)26-21(28)15-22(29)27(19-10-6-3-7-11-19)23(30)25-18-8-4-2-5-9-18/h12-14,18-19H,2-11,15H2,1H3,(H,25,30)(H,26,28). The van der Waals surface area contributed by atoms with Crippen molar-refractivity contribution in [1.82, 2.24) is 10.2 Å². The number of carbonyl (C=O) groups is 3. The predicted molar refractivity (Wildman–Crippen MR) is 121 cm³/mol. The molecule has 1 aromatic rings. The summed E-state index contributed by atoms with van der Waals surface area (Å²) in [4.78, 5) is 40.0. The number of anilines is 1. The van der Waals surface area contributed by atoms with Gasteiger partial charge in [-0.15, -0.1) is 0 Å². The van der Waals surface area contributed by atoms with Crippen LogP contribution < -0.4 is 10.6 Å². The molecule has 2 aliphatic rings. The molecule has 0 bridgehead atoms. The van der Waals surface area contributed by atoms with Crippen molar-refractivity contribution < 1.29 is 14.4 Å².